The Balaban J connectivity index is 0.000000164. The molecule has 2 saturated carbocycles. The topological polar surface area (TPSA) is 142 Å². The normalized spacial score (nSPS) is 23.6. The van der Waals surface area contributed by atoms with Crippen molar-refractivity contribution < 1.29 is 43.2 Å². The zero-order valence-corrected chi connectivity index (χ0v) is 38.2. The van der Waals surface area contributed by atoms with Gasteiger partial charge < -0.3 is 9.80 Å². The van der Waals surface area contributed by atoms with Gasteiger partial charge in [0.25, 0.3) is 0 Å². The molecule has 2 spiro atoms. The fraction of sp³-hybridized carbons (Fsp3) is 0.442. The molecule has 4 fully saturated rings. The zero-order valence-electron chi connectivity index (χ0n) is 34.9. The first kappa shape index (κ1) is 45.7. The molecule has 0 radical (unpaired) electrons. The first-order valence-electron chi connectivity index (χ1n) is 20.9. The third-order valence-electron chi connectivity index (χ3n) is 12.9. The van der Waals surface area contributed by atoms with Gasteiger partial charge in [0, 0.05) is 55.1 Å². The highest BCUT2D eigenvalue weighted by Crippen LogP contribution is 2.52. The van der Waals surface area contributed by atoms with E-state index in [0.717, 1.165) is 74.3 Å². The van der Waals surface area contributed by atoms with E-state index in [4.69, 9.17) is 0 Å². The van der Waals surface area contributed by atoms with Gasteiger partial charge in [-0.15, -0.1) is 22.7 Å². The van der Waals surface area contributed by atoms with Crippen LogP contribution in [0.5, 0.6) is 0 Å². The summed E-state index contributed by atoms with van der Waals surface area (Å²) in [4.78, 5) is 23.4. The van der Waals surface area contributed by atoms with Gasteiger partial charge in [-0.25, -0.2) is 41.5 Å². The molecule has 0 bridgehead atoms. The molecule has 6 heterocycles. The number of anilines is 2. The minimum atomic E-state index is -4.26. The average Bonchev–Trinajstić information content (AvgIpc) is 4.04. The van der Waals surface area contributed by atoms with Crippen LogP contribution in [0.15, 0.2) is 95.2 Å². The van der Waals surface area contributed by atoms with E-state index in [9.17, 15) is 43.2 Å². The first-order chi connectivity index (χ1) is 30.7. The highest BCUT2D eigenvalue weighted by molar-refractivity contribution is 7.89. The van der Waals surface area contributed by atoms with Gasteiger partial charge in [0.1, 0.15) is 34.0 Å². The number of alkyl halides is 6. The van der Waals surface area contributed by atoms with Crippen LogP contribution in [0, 0.1) is 10.8 Å². The van der Waals surface area contributed by atoms with E-state index in [1.165, 1.54) is 17.0 Å². The number of hydrogen-bond acceptors (Lipinski definition) is 12. The lowest BCUT2D eigenvalue weighted by Gasteiger charge is -2.48. The summed E-state index contributed by atoms with van der Waals surface area (Å²) in [7, 11) is -5.46. The lowest BCUT2D eigenvalue weighted by Crippen LogP contribution is -2.52. The Morgan fingerprint density at radius 3 is 1.58 bits per heavy atom. The fourth-order valence-corrected chi connectivity index (χ4v) is 14.5. The summed E-state index contributed by atoms with van der Waals surface area (Å²) in [6.07, 6.45) is -2.92. The van der Waals surface area contributed by atoms with Gasteiger partial charge in [-0.3, -0.25) is 0 Å². The van der Waals surface area contributed by atoms with Crippen LogP contribution in [0.1, 0.15) is 48.3 Å². The summed E-state index contributed by atoms with van der Waals surface area (Å²) < 4.78 is 132. The number of benzene rings is 2. The Kier molecular flexibility index (Phi) is 11.9. The minimum Gasteiger partial charge on any atom is -0.355 e. The van der Waals surface area contributed by atoms with E-state index in [1.807, 2.05) is 0 Å². The Hall–Kier alpha value is -4.48. The molecule has 12 nitrogen and oxygen atoms in total. The standard InChI is InChI=1S/C22H23F3N4O2S2.C21H21F3N4O2S2/c1-28(33(30,31)17-5-3-2-4-6-17)15-10-21(11-15)7-8-29(13-21)19-18-9-16(12-22(23,24)25)32-20(18)27-14-26-19;22-21(23,24)11-15-8-17-18(25-13-26-19(17)31-15)28-7-6-20(12-28)9-14(10-20)27-32(29,30)16-4-2-1-3-5-16/h2-6,9,14-15H,7-8,10-13H2,1H3;1-5,8,13-14,27H,6-7,9-12H2. The molecule has 65 heavy (non-hydrogen) atoms. The highest BCUT2D eigenvalue weighted by Gasteiger charge is 2.52. The van der Waals surface area contributed by atoms with E-state index >= 15 is 0 Å². The molecule has 22 heteroatoms. The van der Waals surface area contributed by atoms with Crippen molar-refractivity contribution in [3.63, 3.8) is 0 Å². The van der Waals surface area contributed by atoms with Crippen molar-refractivity contribution in [1.82, 2.24) is 29.0 Å². The smallest absolute Gasteiger partial charge is 0.355 e. The lowest BCUT2D eigenvalue weighted by atomic mass is 9.65. The molecular formula is C43H44F6N8O4S4. The Labute approximate surface area is 379 Å². The molecule has 4 aliphatic rings. The van der Waals surface area contributed by atoms with Crippen LogP contribution in [0.3, 0.4) is 0 Å². The van der Waals surface area contributed by atoms with Gasteiger partial charge in [-0.05, 0) is 85.8 Å². The Bertz CT molecular complexity index is 2910. The van der Waals surface area contributed by atoms with E-state index in [0.29, 0.717) is 45.2 Å². The number of halogens is 6. The van der Waals surface area contributed by atoms with Gasteiger partial charge in [0.15, 0.2) is 0 Å². The summed E-state index contributed by atoms with van der Waals surface area (Å²) in [6.45, 7) is 2.87. The van der Waals surface area contributed by atoms with Crippen molar-refractivity contribution in [2.45, 2.75) is 85.6 Å². The number of nitrogens with one attached hydrogen (secondary N) is 1. The SMILES string of the molecule is CN(C1CC2(CCN(c3ncnc4sc(CC(F)(F)F)cc34)C2)C1)S(=O)(=O)c1ccccc1.O=S(=O)(NC1CC2(CCN(c3ncnc4sc(CC(F)(F)F)cc34)C2)C1)c1ccccc1. The van der Waals surface area contributed by atoms with Gasteiger partial charge in [0.05, 0.1) is 33.4 Å². The molecule has 6 aromatic rings. The minimum absolute atomic E-state index is 0.00672. The molecule has 2 saturated heterocycles. The molecule has 2 aliphatic heterocycles. The second kappa shape index (κ2) is 17.0. The van der Waals surface area contributed by atoms with Crippen LogP contribution in [-0.4, -0.2) is 98.7 Å². The second-order valence-corrected chi connectivity index (χ2v) is 23.6. The van der Waals surface area contributed by atoms with Gasteiger partial charge in [-0.2, -0.15) is 30.6 Å². The number of sulfonamides is 2. The number of thiophene rings is 2. The highest BCUT2D eigenvalue weighted by atomic mass is 32.2. The van der Waals surface area contributed by atoms with Crippen LogP contribution >= 0.6 is 22.7 Å². The van der Waals surface area contributed by atoms with Gasteiger partial charge in [-0.1, -0.05) is 36.4 Å². The predicted octanol–water partition coefficient (Wildman–Crippen LogP) is 8.61. The molecule has 4 aromatic heterocycles. The van der Waals surface area contributed by atoms with Crippen molar-refractivity contribution in [1.29, 1.82) is 0 Å². The molecule has 346 valence electrons. The number of fused-ring (bicyclic) bond motifs is 2. The largest absolute Gasteiger partial charge is 0.393 e. The molecule has 0 unspecified atom stereocenters. The molecule has 2 aromatic carbocycles. The summed E-state index contributed by atoms with van der Waals surface area (Å²) in [5.41, 5.74) is -0.0147. The second-order valence-electron chi connectivity index (χ2n) is 17.6. The van der Waals surface area contributed by atoms with Gasteiger partial charge in [0.2, 0.25) is 20.0 Å². The van der Waals surface area contributed by atoms with Crippen molar-refractivity contribution in [2.24, 2.45) is 10.8 Å². The third kappa shape index (κ3) is 9.70. The average molecular weight is 979 g/mol. The van der Waals surface area contributed by atoms with Crippen molar-refractivity contribution in [2.75, 3.05) is 43.0 Å². The molecule has 0 atom stereocenters. The van der Waals surface area contributed by atoms with E-state index in [1.54, 1.807) is 79.8 Å². The third-order valence-corrected chi connectivity index (χ3v) is 18.5. The summed E-state index contributed by atoms with van der Waals surface area (Å²) in [6, 6.07) is 19.6. The van der Waals surface area contributed by atoms with Crippen LogP contribution in [0.2, 0.25) is 0 Å². The fourth-order valence-electron chi connectivity index (χ4n) is 9.87. The summed E-state index contributed by atoms with van der Waals surface area (Å²) >= 11 is 2.10. The number of nitrogens with zero attached hydrogens (tertiary/aromatic N) is 7. The maximum Gasteiger partial charge on any atom is 0.393 e. The predicted molar refractivity (Wildman–Crippen MR) is 237 cm³/mol. The molecular weight excluding hydrogens is 935 g/mol. The quantitative estimate of drug-likeness (QED) is 0.133. The monoisotopic (exact) mass is 978 g/mol. The zero-order chi connectivity index (χ0) is 46.0. The van der Waals surface area contributed by atoms with Crippen LogP contribution in [0.4, 0.5) is 38.0 Å². The van der Waals surface area contributed by atoms with Crippen LogP contribution in [-0.2, 0) is 32.9 Å². The van der Waals surface area contributed by atoms with E-state index in [2.05, 4.69) is 34.5 Å². The Morgan fingerprint density at radius 1 is 0.677 bits per heavy atom. The van der Waals surface area contributed by atoms with Crippen LogP contribution < -0.4 is 14.5 Å². The summed E-state index contributed by atoms with van der Waals surface area (Å²) in [5.74, 6) is 1.32. The Morgan fingerprint density at radius 2 is 1.12 bits per heavy atom. The molecule has 1 N–H and O–H groups in total. The van der Waals surface area contributed by atoms with Crippen molar-refractivity contribution >= 4 is 74.8 Å². The maximum atomic E-state index is 12.9. The molecule has 0 amide bonds. The van der Waals surface area contributed by atoms with Gasteiger partial charge >= 0.3 is 12.4 Å². The number of aromatic nitrogens is 4. The maximum absolute atomic E-state index is 12.9. The number of rotatable bonds is 10. The lowest BCUT2D eigenvalue weighted by molar-refractivity contribution is -0.127. The van der Waals surface area contributed by atoms with Crippen molar-refractivity contribution in [3.05, 3.63) is 95.2 Å². The number of hydrogen-bond donors (Lipinski definition) is 1. The first-order valence-corrected chi connectivity index (χ1v) is 25.5. The molecule has 2 aliphatic carbocycles. The van der Waals surface area contributed by atoms with Crippen LogP contribution in [0.25, 0.3) is 20.4 Å². The van der Waals surface area contributed by atoms with E-state index < -0.39 is 45.2 Å². The summed E-state index contributed by atoms with van der Waals surface area (Å²) in [5, 5.41) is 1.30. The van der Waals surface area contributed by atoms with E-state index in [-0.39, 0.29) is 42.5 Å². The van der Waals surface area contributed by atoms with Crippen molar-refractivity contribution in [3.8, 4) is 0 Å². The molecule has 10 rings (SSSR count).